The van der Waals surface area contributed by atoms with Crippen molar-refractivity contribution in [2.75, 3.05) is 0 Å². The molecule has 1 aliphatic carbocycles. The van der Waals surface area contributed by atoms with Gasteiger partial charge in [-0.15, -0.1) is 0 Å². The van der Waals surface area contributed by atoms with Crippen LogP contribution in [0, 0.1) is 23.0 Å². The van der Waals surface area contributed by atoms with E-state index in [0.717, 1.165) is 30.0 Å². The molecule has 0 N–H and O–H groups in total. The van der Waals surface area contributed by atoms with Crippen LogP contribution in [0.15, 0.2) is 18.2 Å². The molecule has 1 fully saturated rings. The standard InChI is InChI=1S/C15H10F2N4S/c16-10-5-4-9(6-11(10)17)13-12(7-18)21-15(19-13)22-14(20-21)8-2-1-3-8/h4-6,8H,1-3H2. The Hall–Kier alpha value is -2.33. The summed E-state index contributed by atoms with van der Waals surface area (Å²) in [5, 5.41) is 14.9. The fraction of sp³-hybridized carbons (Fsp3) is 0.267. The molecule has 7 heteroatoms. The van der Waals surface area contributed by atoms with E-state index in [0.29, 0.717) is 22.1 Å². The van der Waals surface area contributed by atoms with Crippen LogP contribution in [0.1, 0.15) is 35.9 Å². The van der Waals surface area contributed by atoms with E-state index < -0.39 is 11.6 Å². The largest absolute Gasteiger partial charge is 0.216 e. The summed E-state index contributed by atoms with van der Waals surface area (Å²) in [4.78, 5) is 5.00. The van der Waals surface area contributed by atoms with Crippen LogP contribution >= 0.6 is 11.3 Å². The highest BCUT2D eigenvalue weighted by molar-refractivity contribution is 7.16. The first kappa shape index (κ1) is 13.3. The molecule has 3 aromatic rings. The van der Waals surface area contributed by atoms with Gasteiger partial charge in [-0.25, -0.2) is 13.8 Å². The normalized spacial score (nSPS) is 15.0. The topological polar surface area (TPSA) is 54.0 Å². The molecule has 0 bridgehead atoms. The Balaban J connectivity index is 1.85. The highest BCUT2D eigenvalue weighted by Gasteiger charge is 2.26. The van der Waals surface area contributed by atoms with Gasteiger partial charge in [-0.1, -0.05) is 17.8 Å². The van der Waals surface area contributed by atoms with Crippen LogP contribution in [0.4, 0.5) is 8.78 Å². The highest BCUT2D eigenvalue weighted by Crippen LogP contribution is 2.39. The molecular weight excluding hydrogens is 306 g/mol. The number of halogens is 2. The van der Waals surface area contributed by atoms with Gasteiger partial charge in [-0.3, -0.25) is 0 Å². The van der Waals surface area contributed by atoms with Gasteiger partial charge in [0.15, 0.2) is 17.3 Å². The summed E-state index contributed by atoms with van der Waals surface area (Å²) in [6.07, 6.45) is 3.45. The lowest BCUT2D eigenvalue weighted by Crippen LogP contribution is -2.08. The second kappa shape index (κ2) is 4.85. The summed E-state index contributed by atoms with van der Waals surface area (Å²) >= 11 is 1.46. The minimum atomic E-state index is -0.958. The molecule has 0 atom stereocenters. The van der Waals surface area contributed by atoms with E-state index in [1.54, 1.807) is 0 Å². The van der Waals surface area contributed by atoms with Gasteiger partial charge in [0, 0.05) is 11.5 Å². The zero-order valence-electron chi connectivity index (χ0n) is 11.4. The van der Waals surface area contributed by atoms with Gasteiger partial charge in [0.2, 0.25) is 4.96 Å². The molecule has 1 saturated carbocycles. The van der Waals surface area contributed by atoms with Gasteiger partial charge in [0.1, 0.15) is 16.8 Å². The predicted octanol–water partition coefficient (Wildman–Crippen LogP) is 3.88. The van der Waals surface area contributed by atoms with E-state index in [2.05, 4.69) is 16.2 Å². The fourth-order valence-electron chi connectivity index (χ4n) is 2.53. The fourth-order valence-corrected chi connectivity index (χ4v) is 3.60. The summed E-state index contributed by atoms with van der Waals surface area (Å²) in [5.41, 5.74) is 0.960. The van der Waals surface area contributed by atoms with E-state index in [1.165, 1.54) is 28.3 Å². The third-order valence-corrected chi connectivity index (χ3v) is 5.04. The monoisotopic (exact) mass is 316 g/mol. The molecule has 1 aliphatic rings. The van der Waals surface area contributed by atoms with E-state index >= 15 is 0 Å². The number of nitriles is 1. The maximum Gasteiger partial charge on any atom is 0.214 e. The molecule has 0 aliphatic heterocycles. The minimum absolute atomic E-state index is 0.253. The van der Waals surface area contributed by atoms with Crippen molar-refractivity contribution in [3.05, 3.63) is 40.5 Å². The number of rotatable bonds is 2. The van der Waals surface area contributed by atoms with Crippen LogP contribution < -0.4 is 0 Å². The van der Waals surface area contributed by atoms with E-state index in [9.17, 15) is 14.0 Å². The summed E-state index contributed by atoms with van der Waals surface area (Å²) in [6, 6.07) is 5.57. The maximum atomic E-state index is 13.4. The molecule has 0 saturated heterocycles. The number of nitrogens with zero attached hydrogens (tertiary/aromatic N) is 4. The van der Waals surface area contributed by atoms with Gasteiger partial charge in [-0.05, 0) is 31.0 Å². The van der Waals surface area contributed by atoms with Crippen molar-refractivity contribution in [2.24, 2.45) is 0 Å². The number of hydrogen-bond acceptors (Lipinski definition) is 4. The van der Waals surface area contributed by atoms with Crippen LogP contribution in [0.5, 0.6) is 0 Å². The third-order valence-electron chi connectivity index (χ3n) is 3.97. The molecular formula is C15H10F2N4S. The molecule has 4 nitrogen and oxygen atoms in total. The SMILES string of the molecule is N#Cc1c(-c2ccc(F)c(F)c2)nc2sc(C3CCC3)nn12. The van der Waals surface area contributed by atoms with E-state index in [1.807, 2.05) is 0 Å². The molecule has 2 heterocycles. The number of aromatic nitrogens is 3. The average Bonchev–Trinajstić information content (AvgIpc) is 2.97. The van der Waals surface area contributed by atoms with Crippen molar-refractivity contribution in [2.45, 2.75) is 25.2 Å². The van der Waals surface area contributed by atoms with E-state index in [-0.39, 0.29) is 5.69 Å². The molecule has 1 aromatic carbocycles. The van der Waals surface area contributed by atoms with Crippen LogP contribution in [0.25, 0.3) is 16.2 Å². The van der Waals surface area contributed by atoms with Crippen molar-refractivity contribution in [1.29, 1.82) is 5.26 Å². The Labute approximate surface area is 128 Å². The Morgan fingerprint density at radius 1 is 1.27 bits per heavy atom. The second-order valence-electron chi connectivity index (χ2n) is 5.31. The van der Waals surface area contributed by atoms with Gasteiger partial charge in [0.25, 0.3) is 0 Å². The predicted molar refractivity (Wildman–Crippen MR) is 77.5 cm³/mol. The number of hydrogen-bond donors (Lipinski definition) is 0. The van der Waals surface area contributed by atoms with Crippen molar-refractivity contribution in [3.8, 4) is 17.3 Å². The number of benzene rings is 1. The second-order valence-corrected chi connectivity index (χ2v) is 6.30. The van der Waals surface area contributed by atoms with Crippen molar-refractivity contribution in [3.63, 3.8) is 0 Å². The Bertz CT molecular complexity index is 918. The first-order chi connectivity index (χ1) is 10.7. The van der Waals surface area contributed by atoms with Gasteiger partial charge in [-0.2, -0.15) is 14.9 Å². The highest BCUT2D eigenvalue weighted by atomic mass is 32.1. The van der Waals surface area contributed by atoms with Crippen LogP contribution in [0.2, 0.25) is 0 Å². The molecule has 4 rings (SSSR count). The molecule has 0 radical (unpaired) electrons. The van der Waals surface area contributed by atoms with Crippen LogP contribution in [0.3, 0.4) is 0 Å². The summed E-state index contributed by atoms with van der Waals surface area (Å²) in [7, 11) is 0. The Morgan fingerprint density at radius 2 is 2.09 bits per heavy atom. The Morgan fingerprint density at radius 3 is 2.73 bits per heavy atom. The van der Waals surface area contributed by atoms with Gasteiger partial charge in [0.05, 0.1) is 0 Å². The smallest absolute Gasteiger partial charge is 0.214 e. The first-order valence-electron chi connectivity index (χ1n) is 6.92. The first-order valence-corrected chi connectivity index (χ1v) is 7.74. The molecule has 22 heavy (non-hydrogen) atoms. The average molecular weight is 316 g/mol. The molecule has 0 spiro atoms. The zero-order valence-corrected chi connectivity index (χ0v) is 12.2. The lowest BCUT2D eigenvalue weighted by atomic mass is 9.86. The molecule has 0 unspecified atom stereocenters. The quantitative estimate of drug-likeness (QED) is 0.721. The van der Waals surface area contributed by atoms with Gasteiger partial charge < -0.3 is 0 Å². The lowest BCUT2D eigenvalue weighted by Gasteiger charge is -2.21. The van der Waals surface area contributed by atoms with E-state index in [4.69, 9.17) is 0 Å². The number of fused-ring (bicyclic) bond motifs is 1. The van der Waals surface area contributed by atoms with Crippen molar-refractivity contribution < 1.29 is 8.78 Å². The molecule has 2 aromatic heterocycles. The maximum absolute atomic E-state index is 13.4. The molecule has 110 valence electrons. The number of imidazole rings is 1. The summed E-state index contributed by atoms with van der Waals surface area (Å²) in [6.45, 7) is 0. The zero-order chi connectivity index (χ0) is 15.3. The van der Waals surface area contributed by atoms with Crippen LogP contribution in [-0.4, -0.2) is 14.6 Å². The van der Waals surface area contributed by atoms with Crippen LogP contribution in [-0.2, 0) is 0 Å². The lowest BCUT2D eigenvalue weighted by molar-refractivity contribution is 0.415. The third kappa shape index (κ3) is 1.91. The molecule has 0 amide bonds. The van der Waals surface area contributed by atoms with Crippen molar-refractivity contribution in [1.82, 2.24) is 14.6 Å². The minimum Gasteiger partial charge on any atom is -0.216 e. The van der Waals surface area contributed by atoms with Crippen molar-refractivity contribution >= 4 is 16.3 Å². The summed E-state index contributed by atoms with van der Waals surface area (Å²) in [5.74, 6) is -1.42. The van der Waals surface area contributed by atoms with Gasteiger partial charge >= 0.3 is 0 Å². The Kier molecular flexibility index (Phi) is 2.94. The summed E-state index contributed by atoms with van der Waals surface area (Å²) < 4.78 is 28.0.